The van der Waals surface area contributed by atoms with E-state index in [2.05, 4.69) is 13.8 Å². The van der Waals surface area contributed by atoms with E-state index in [1.165, 1.54) is 77.0 Å². The average Bonchev–Trinajstić information content (AvgIpc) is 2.82. The molecule has 2 saturated carbocycles. The molecular weight excluding hydrogens is 398 g/mol. The third-order valence-electron chi connectivity index (χ3n) is 8.73. The zero-order valence-corrected chi connectivity index (χ0v) is 20.9. The van der Waals surface area contributed by atoms with Gasteiger partial charge < -0.3 is 0 Å². The van der Waals surface area contributed by atoms with E-state index in [9.17, 15) is 8.78 Å². The van der Waals surface area contributed by atoms with E-state index in [-0.39, 0.29) is 5.92 Å². The molecule has 0 bridgehead atoms. The fourth-order valence-corrected chi connectivity index (χ4v) is 6.56. The van der Waals surface area contributed by atoms with Gasteiger partial charge in [-0.1, -0.05) is 90.2 Å². The van der Waals surface area contributed by atoms with E-state index in [0.717, 1.165) is 49.9 Å². The van der Waals surface area contributed by atoms with Crippen LogP contribution in [0.3, 0.4) is 0 Å². The molecule has 3 rings (SSSR count). The molecule has 2 fully saturated rings. The van der Waals surface area contributed by atoms with Crippen LogP contribution in [0.25, 0.3) is 0 Å². The smallest absolute Gasteiger partial charge is 0.162 e. The van der Waals surface area contributed by atoms with Crippen molar-refractivity contribution in [1.29, 1.82) is 0 Å². The molecule has 0 radical (unpaired) electrons. The number of hydrogen-bond acceptors (Lipinski definition) is 0. The monoisotopic (exact) mass is 446 g/mol. The summed E-state index contributed by atoms with van der Waals surface area (Å²) in [4.78, 5) is 0. The van der Waals surface area contributed by atoms with Crippen LogP contribution in [0.15, 0.2) is 12.1 Å². The van der Waals surface area contributed by atoms with Crippen molar-refractivity contribution in [3.63, 3.8) is 0 Å². The van der Waals surface area contributed by atoms with Crippen LogP contribution in [0.1, 0.15) is 140 Å². The summed E-state index contributed by atoms with van der Waals surface area (Å²) in [7, 11) is 0. The summed E-state index contributed by atoms with van der Waals surface area (Å²) in [6.45, 7) is 4.42. The molecule has 0 heterocycles. The molecule has 0 unspecified atom stereocenters. The first-order valence-electron chi connectivity index (χ1n) is 14.1. The normalized spacial score (nSPS) is 26.4. The van der Waals surface area contributed by atoms with Gasteiger partial charge in [-0.2, -0.15) is 0 Å². The Morgan fingerprint density at radius 1 is 0.656 bits per heavy atom. The van der Waals surface area contributed by atoms with E-state index >= 15 is 0 Å². The minimum atomic E-state index is -0.575. The highest BCUT2D eigenvalue weighted by molar-refractivity contribution is 5.29. The molecule has 182 valence electrons. The number of hydrogen-bond donors (Lipinski definition) is 0. The molecular formula is C30H48F2. The number of aryl methyl sites for hydroxylation is 1. The molecule has 0 atom stereocenters. The summed E-state index contributed by atoms with van der Waals surface area (Å²) >= 11 is 0. The van der Waals surface area contributed by atoms with E-state index < -0.39 is 11.6 Å². The molecule has 32 heavy (non-hydrogen) atoms. The largest absolute Gasteiger partial charge is 0.203 e. The van der Waals surface area contributed by atoms with Crippen molar-refractivity contribution in [2.45, 2.75) is 135 Å². The quantitative estimate of drug-likeness (QED) is 0.280. The fourth-order valence-electron chi connectivity index (χ4n) is 6.56. The lowest BCUT2D eigenvalue weighted by Gasteiger charge is -2.38. The lowest BCUT2D eigenvalue weighted by Crippen LogP contribution is -2.25. The van der Waals surface area contributed by atoms with Crippen LogP contribution >= 0.6 is 0 Å². The Labute approximate surface area is 197 Å². The van der Waals surface area contributed by atoms with E-state index in [1.54, 1.807) is 0 Å². The van der Waals surface area contributed by atoms with Crippen molar-refractivity contribution in [2.24, 2.45) is 17.8 Å². The summed E-state index contributed by atoms with van der Waals surface area (Å²) in [6.07, 6.45) is 22.4. The zero-order valence-electron chi connectivity index (χ0n) is 20.9. The Morgan fingerprint density at radius 2 is 1.25 bits per heavy atom. The summed E-state index contributed by atoms with van der Waals surface area (Å²) in [5.74, 6) is 1.76. The van der Waals surface area contributed by atoms with Gasteiger partial charge in [0.05, 0.1) is 0 Å². The standard InChI is InChI=1S/C30H48F2/c1-3-5-7-8-10-11-23-13-15-24(16-14-23)25-17-19-26(20-18-25)28-22-21-27(12-9-6-4-2)29(31)30(28)32/h21-26H,3-20H2,1-2H3. The second kappa shape index (κ2) is 13.7. The van der Waals surface area contributed by atoms with Crippen LogP contribution < -0.4 is 0 Å². The van der Waals surface area contributed by atoms with Crippen molar-refractivity contribution in [3.8, 4) is 0 Å². The van der Waals surface area contributed by atoms with Crippen molar-refractivity contribution in [1.82, 2.24) is 0 Å². The number of unbranched alkanes of at least 4 members (excludes halogenated alkanes) is 6. The molecule has 2 heteroatoms. The van der Waals surface area contributed by atoms with Crippen LogP contribution in [0.2, 0.25) is 0 Å². The van der Waals surface area contributed by atoms with Gasteiger partial charge in [-0.25, -0.2) is 8.78 Å². The van der Waals surface area contributed by atoms with Gasteiger partial charge in [-0.15, -0.1) is 0 Å². The van der Waals surface area contributed by atoms with Crippen molar-refractivity contribution >= 4 is 0 Å². The van der Waals surface area contributed by atoms with Gasteiger partial charge in [0.25, 0.3) is 0 Å². The molecule has 2 aliphatic rings. The van der Waals surface area contributed by atoms with Crippen molar-refractivity contribution in [3.05, 3.63) is 34.9 Å². The molecule has 1 aromatic rings. The minimum absolute atomic E-state index is 0.213. The Morgan fingerprint density at radius 3 is 1.91 bits per heavy atom. The van der Waals surface area contributed by atoms with Crippen molar-refractivity contribution < 1.29 is 8.78 Å². The Balaban J connectivity index is 1.41. The minimum Gasteiger partial charge on any atom is -0.203 e. The van der Waals surface area contributed by atoms with Crippen LogP contribution in [0.4, 0.5) is 8.78 Å². The average molecular weight is 447 g/mol. The maximum Gasteiger partial charge on any atom is 0.162 e. The summed E-state index contributed by atoms with van der Waals surface area (Å²) in [6, 6.07) is 3.76. The molecule has 0 nitrogen and oxygen atoms in total. The number of rotatable bonds is 12. The second-order valence-corrected chi connectivity index (χ2v) is 11.0. The first kappa shape index (κ1) is 25.7. The van der Waals surface area contributed by atoms with Crippen molar-refractivity contribution in [2.75, 3.05) is 0 Å². The number of halogens is 2. The van der Waals surface area contributed by atoms with Gasteiger partial charge in [0.15, 0.2) is 11.6 Å². The van der Waals surface area contributed by atoms with Gasteiger partial charge in [-0.3, -0.25) is 0 Å². The van der Waals surface area contributed by atoms with Gasteiger partial charge in [0.1, 0.15) is 0 Å². The molecule has 1 aromatic carbocycles. The maximum atomic E-state index is 14.8. The molecule has 0 aromatic heterocycles. The topological polar surface area (TPSA) is 0 Å². The summed E-state index contributed by atoms with van der Waals surface area (Å²) in [5.41, 5.74) is 1.21. The highest BCUT2D eigenvalue weighted by Crippen LogP contribution is 2.45. The Kier molecular flexibility index (Phi) is 11.0. The van der Waals surface area contributed by atoms with Crippen LogP contribution in [-0.4, -0.2) is 0 Å². The lowest BCUT2D eigenvalue weighted by molar-refractivity contribution is 0.155. The maximum absolute atomic E-state index is 14.8. The third-order valence-corrected chi connectivity index (χ3v) is 8.73. The predicted octanol–water partition coefficient (Wildman–Crippen LogP) is 10.1. The molecule has 0 N–H and O–H groups in total. The van der Waals surface area contributed by atoms with Gasteiger partial charge in [0.2, 0.25) is 0 Å². The molecule has 0 amide bonds. The Bertz CT molecular complexity index is 651. The van der Waals surface area contributed by atoms with Gasteiger partial charge in [0, 0.05) is 0 Å². The lowest BCUT2D eigenvalue weighted by atomic mass is 9.68. The molecule has 2 aliphatic carbocycles. The van der Waals surface area contributed by atoms with E-state index in [1.807, 2.05) is 12.1 Å². The molecule has 0 spiro atoms. The predicted molar refractivity (Wildman–Crippen MR) is 133 cm³/mol. The first-order chi connectivity index (χ1) is 15.6. The van der Waals surface area contributed by atoms with Gasteiger partial charge in [-0.05, 0) is 86.2 Å². The number of benzene rings is 1. The zero-order chi connectivity index (χ0) is 22.8. The summed E-state index contributed by atoms with van der Waals surface area (Å²) < 4.78 is 29.5. The van der Waals surface area contributed by atoms with E-state index in [4.69, 9.17) is 0 Å². The fraction of sp³-hybridized carbons (Fsp3) is 0.800. The van der Waals surface area contributed by atoms with Crippen LogP contribution in [0.5, 0.6) is 0 Å². The molecule has 0 aliphatic heterocycles. The second-order valence-electron chi connectivity index (χ2n) is 11.0. The highest BCUT2D eigenvalue weighted by atomic mass is 19.2. The third kappa shape index (κ3) is 7.29. The van der Waals surface area contributed by atoms with E-state index in [0.29, 0.717) is 17.5 Å². The van der Waals surface area contributed by atoms with Gasteiger partial charge >= 0.3 is 0 Å². The SMILES string of the molecule is CCCCCCCC1CCC(C2CCC(c3ccc(CCCCC)c(F)c3F)CC2)CC1. The first-order valence-corrected chi connectivity index (χ1v) is 14.1. The molecule has 0 saturated heterocycles. The highest BCUT2D eigenvalue weighted by Gasteiger charge is 2.32. The Hall–Kier alpha value is -0.920. The van der Waals surface area contributed by atoms with Crippen LogP contribution in [0, 0.1) is 29.4 Å². The summed E-state index contributed by atoms with van der Waals surface area (Å²) in [5, 5.41) is 0. The van der Waals surface area contributed by atoms with Crippen LogP contribution in [-0.2, 0) is 6.42 Å².